The fraction of sp³-hybridized carbons (Fsp3) is 0.538. The molecule has 1 amide bonds. The summed E-state index contributed by atoms with van der Waals surface area (Å²) in [5.41, 5.74) is 0.918. The number of rotatable bonds is 3. The fourth-order valence-electron chi connectivity index (χ4n) is 2.22. The number of anilines is 1. The van der Waals surface area contributed by atoms with Gasteiger partial charge in [0.1, 0.15) is 0 Å². The summed E-state index contributed by atoms with van der Waals surface area (Å²) in [6.45, 7) is 3.25. The van der Waals surface area contributed by atoms with Gasteiger partial charge in [0.25, 0.3) is 0 Å². The predicted molar refractivity (Wildman–Crippen MR) is 69.7 cm³/mol. The molecule has 1 N–H and O–H groups in total. The average Bonchev–Trinajstić information content (AvgIpc) is 2.40. The molecule has 0 saturated carbocycles. The number of piperidine rings is 1. The van der Waals surface area contributed by atoms with Crippen LogP contribution >= 0.6 is 0 Å². The van der Waals surface area contributed by atoms with Gasteiger partial charge >= 0.3 is 0 Å². The molecular weight excluding hydrogens is 230 g/mol. The van der Waals surface area contributed by atoms with Gasteiger partial charge in [-0.1, -0.05) is 0 Å². The fourth-order valence-corrected chi connectivity index (χ4v) is 2.22. The van der Waals surface area contributed by atoms with E-state index >= 15 is 0 Å². The van der Waals surface area contributed by atoms with Gasteiger partial charge in [-0.25, -0.2) is 4.98 Å². The normalized spacial score (nSPS) is 16.4. The predicted octanol–water partition coefficient (Wildman–Crippen LogP) is 1.51. The number of ether oxygens (including phenoxy) is 1. The highest BCUT2D eigenvalue weighted by Gasteiger charge is 2.21. The van der Waals surface area contributed by atoms with E-state index in [0.29, 0.717) is 11.9 Å². The van der Waals surface area contributed by atoms with Gasteiger partial charge in [0.05, 0.1) is 12.8 Å². The zero-order valence-electron chi connectivity index (χ0n) is 10.8. The van der Waals surface area contributed by atoms with Crippen LogP contribution in [0.25, 0.3) is 0 Å². The summed E-state index contributed by atoms with van der Waals surface area (Å²) < 4.78 is 5.21. The third-order valence-electron chi connectivity index (χ3n) is 3.26. The van der Waals surface area contributed by atoms with E-state index in [-0.39, 0.29) is 5.91 Å². The Hall–Kier alpha value is -1.78. The summed E-state index contributed by atoms with van der Waals surface area (Å²) >= 11 is 0. The molecular formula is C13H19N3O2. The van der Waals surface area contributed by atoms with Crippen LogP contribution in [-0.2, 0) is 4.79 Å². The van der Waals surface area contributed by atoms with Crippen LogP contribution in [0.3, 0.4) is 0 Å². The molecule has 1 aliphatic rings. The van der Waals surface area contributed by atoms with Gasteiger partial charge < -0.3 is 15.0 Å². The molecule has 1 saturated heterocycles. The van der Waals surface area contributed by atoms with Crippen LogP contribution in [-0.4, -0.2) is 42.0 Å². The highest BCUT2D eigenvalue weighted by Crippen LogP contribution is 2.23. The lowest BCUT2D eigenvalue weighted by Gasteiger charge is -2.32. The molecule has 5 nitrogen and oxygen atoms in total. The van der Waals surface area contributed by atoms with Gasteiger partial charge in [0, 0.05) is 32.3 Å². The van der Waals surface area contributed by atoms with E-state index in [2.05, 4.69) is 10.3 Å². The van der Waals surface area contributed by atoms with Crippen molar-refractivity contribution in [3.63, 3.8) is 0 Å². The molecule has 0 atom stereocenters. The Morgan fingerprint density at radius 3 is 2.83 bits per heavy atom. The van der Waals surface area contributed by atoms with E-state index in [1.54, 1.807) is 20.2 Å². The Bertz CT molecular complexity index is 414. The Labute approximate surface area is 107 Å². The van der Waals surface area contributed by atoms with E-state index in [1.165, 1.54) is 0 Å². The number of amides is 1. The smallest absolute Gasteiger partial charge is 0.237 e. The van der Waals surface area contributed by atoms with Crippen molar-refractivity contribution in [2.24, 2.45) is 0 Å². The number of likely N-dealkylation sites (tertiary alicyclic amines) is 1. The van der Waals surface area contributed by atoms with Crippen LogP contribution < -0.4 is 10.1 Å². The summed E-state index contributed by atoms with van der Waals surface area (Å²) in [5, 5.41) is 3.43. The first-order chi connectivity index (χ1) is 8.70. The number of methoxy groups -OCH3 is 1. The van der Waals surface area contributed by atoms with Crippen molar-refractivity contribution < 1.29 is 9.53 Å². The van der Waals surface area contributed by atoms with Gasteiger partial charge in [-0.2, -0.15) is 0 Å². The first-order valence-corrected chi connectivity index (χ1v) is 6.21. The molecule has 0 aliphatic carbocycles. The molecule has 18 heavy (non-hydrogen) atoms. The first kappa shape index (κ1) is 12.7. The van der Waals surface area contributed by atoms with E-state index < -0.39 is 0 Å². The molecule has 1 aromatic heterocycles. The molecule has 98 valence electrons. The van der Waals surface area contributed by atoms with Crippen molar-refractivity contribution in [3.8, 4) is 5.88 Å². The van der Waals surface area contributed by atoms with Crippen LogP contribution in [0.5, 0.6) is 5.88 Å². The molecule has 1 aromatic rings. The lowest BCUT2D eigenvalue weighted by atomic mass is 10.0. The van der Waals surface area contributed by atoms with Crippen molar-refractivity contribution in [3.05, 3.63) is 18.3 Å². The number of hydrogen-bond donors (Lipinski definition) is 1. The third-order valence-corrected chi connectivity index (χ3v) is 3.26. The van der Waals surface area contributed by atoms with Crippen LogP contribution in [0.2, 0.25) is 0 Å². The summed E-state index contributed by atoms with van der Waals surface area (Å²) in [7, 11) is 1.62. The van der Waals surface area contributed by atoms with Gasteiger partial charge in [-0.05, 0) is 25.0 Å². The van der Waals surface area contributed by atoms with Crippen molar-refractivity contribution in [1.29, 1.82) is 0 Å². The molecule has 0 unspecified atom stereocenters. The molecule has 0 radical (unpaired) electrons. The molecule has 0 spiro atoms. The lowest BCUT2D eigenvalue weighted by molar-refractivity contribution is -0.129. The monoisotopic (exact) mass is 249 g/mol. The second-order valence-corrected chi connectivity index (χ2v) is 4.48. The summed E-state index contributed by atoms with van der Waals surface area (Å²) in [5.74, 6) is 0.777. The van der Waals surface area contributed by atoms with E-state index in [0.717, 1.165) is 31.6 Å². The average molecular weight is 249 g/mol. The number of pyridine rings is 1. The van der Waals surface area contributed by atoms with E-state index in [9.17, 15) is 4.79 Å². The molecule has 1 fully saturated rings. The van der Waals surface area contributed by atoms with Gasteiger partial charge in [-0.3, -0.25) is 4.79 Å². The maximum atomic E-state index is 11.2. The number of nitrogens with one attached hydrogen (secondary N) is 1. The summed E-state index contributed by atoms with van der Waals surface area (Å²) in [4.78, 5) is 17.3. The van der Waals surface area contributed by atoms with Crippen LogP contribution in [0.15, 0.2) is 18.3 Å². The number of aromatic nitrogens is 1. The standard InChI is InChI=1S/C13H19N3O2/c1-10(17)16-8-5-11(6-9-16)15-12-4-3-7-14-13(12)18-2/h3-4,7,11,15H,5-6,8-9H2,1-2H3. The highest BCUT2D eigenvalue weighted by atomic mass is 16.5. The Morgan fingerprint density at radius 2 is 2.22 bits per heavy atom. The van der Waals surface area contributed by atoms with Crippen molar-refractivity contribution in [1.82, 2.24) is 9.88 Å². The van der Waals surface area contributed by atoms with Gasteiger partial charge in [0.15, 0.2) is 0 Å². The maximum Gasteiger partial charge on any atom is 0.237 e. The molecule has 0 aromatic carbocycles. The first-order valence-electron chi connectivity index (χ1n) is 6.21. The largest absolute Gasteiger partial charge is 0.480 e. The Kier molecular flexibility index (Phi) is 4.02. The third kappa shape index (κ3) is 2.91. The zero-order chi connectivity index (χ0) is 13.0. The molecule has 2 heterocycles. The highest BCUT2D eigenvalue weighted by molar-refractivity contribution is 5.73. The van der Waals surface area contributed by atoms with Crippen molar-refractivity contribution >= 4 is 11.6 Å². The number of nitrogens with zero attached hydrogens (tertiary/aromatic N) is 2. The van der Waals surface area contributed by atoms with Crippen molar-refractivity contribution in [2.75, 3.05) is 25.5 Å². The summed E-state index contributed by atoms with van der Waals surface area (Å²) in [6, 6.07) is 4.22. The summed E-state index contributed by atoms with van der Waals surface area (Å²) in [6.07, 6.45) is 3.62. The molecule has 5 heteroatoms. The van der Waals surface area contributed by atoms with Crippen LogP contribution in [0.4, 0.5) is 5.69 Å². The Balaban J connectivity index is 1.93. The van der Waals surface area contributed by atoms with Crippen LogP contribution in [0.1, 0.15) is 19.8 Å². The van der Waals surface area contributed by atoms with Crippen LogP contribution in [0, 0.1) is 0 Å². The van der Waals surface area contributed by atoms with Crippen molar-refractivity contribution in [2.45, 2.75) is 25.8 Å². The Morgan fingerprint density at radius 1 is 1.50 bits per heavy atom. The van der Waals surface area contributed by atoms with Gasteiger partial charge in [-0.15, -0.1) is 0 Å². The number of carbonyl (C=O) groups is 1. The minimum Gasteiger partial charge on any atom is -0.480 e. The zero-order valence-corrected chi connectivity index (χ0v) is 10.8. The number of carbonyl (C=O) groups excluding carboxylic acids is 1. The lowest BCUT2D eigenvalue weighted by Crippen LogP contribution is -2.41. The number of hydrogen-bond acceptors (Lipinski definition) is 4. The van der Waals surface area contributed by atoms with E-state index in [4.69, 9.17) is 4.74 Å². The molecule has 1 aliphatic heterocycles. The maximum absolute atomic E-state index is 11.2. The second-order valence-electron chi connectivity index (χ2n) is 4.48. The molecule has 2 rings (SSSR count). The minimum atomic E-state index is 0.160. The quantitative estimate of drug-likeness (QED) is 0.882. The second kappa shape index (κ2) is 5.71. The van der Waals surface area contributed by atoms with E-state index in [1.807, 2.05) is 17.0 Å². The SMILES string of the molecule is COc1ncccc1NC1CCN(C(C)=O)CC1. The minimum absolute atomic E-state index is 0.160. The topological polar surface area (TPSA) is 54.5 Å². The van der Waals surface area contributed by atoms with Gasteiger partial charge in [0.2, 0.25) is 11.8 Å². The molecule has 0 bridgehead atoms.